The average Bonchev–Trinajstić information content (AvgIpc) is 2.61. The zero-order valence-corrected chi connectivity index (χ0v) is 14.8. The lowest BCUT2D eigenvalue weighted by molar-refractivity contribution is -0.146. The molecule has 1 heterocycles. The van der Waals surface area contributed by atoms with Gasteiger partial charge in [0.25, 0.3) is 0 Å². The van der Waals surface area contributed by atoms with Crippen molar-refractivity contribution in [3.05, 3.63) is 35.9 Å². The second-order valence-corrected chi connectivity index (χ2v) is 6.55. The molecule has 136 valence electrons. The molecule has 2 N–H and O–H groups in total. The first-order valence-electron chi connectivity index (χ1n) is 8.79. The number of piperidine rings is 1. The van der Waals surface area contributed by atoms with E-state index in [-0.39, 0.29) is 17.9 Å². The summed E-state index contributed by atoms with van der Waals surface area (Å²) in [5.74, 6) is -1.76. The minimum Gasteiger partial charge on any atom is -0.480 e. The number of likely N-dealkylation sites (tertiary alicyclic amines) is 1. The first-order valence-corrected chi connectivity index (χ1v) is 8.79. The number of aliphatic carboxylic acids is 1. The number of carbonyl (C=O) groups excluding carboxylic acids is 2. The fourth-order valence-electron chi connectivity index (χ4n) is 3.36. The van der Waals surface area contributed by atoms with Gasteiger partial charge in [0.1, 0.15) is 6.04 Å². The molecular formula is C19H26N2O4. The molecule has 0 radical (unpaired) electrons. The number of rotatable bonds is 7. The fourth-order valence-corrected chi connectivity index (χ4v) is 3.36. The lowest BCUT2D eigenvalue weighted by Gasteiger charge is -2.39. The summed E-state index contributed by atoms with van der Waals surface area (Å²) in [5, 5.41) is 12.0. The molecular weight excluding hydrogens is 320 g/mol. The molecule has 3 unspecified atom stereocenters. The van der Waals surface area contributed by atoms with Gasteiger partial charge in [-0.3, -0.25) is 9.59 Å². The second kappa shape index (κ2) is 8.65. The van der Waals surface area contributed by atoms with Gasteiger partial charge in [0.15, 0.2) is 0 Å². The van der Waals surface area contributed by atoms with Crippen molar-refractivity contribution in [1.82, 2.24) is 10.2 Å². The molecule has 0 aliphatic carbocycles. The van der Waals surface area contributed by atoms with Gasteiger partial charge in [0.2, 0.25) is 11.8 Å². The maximum atomic E-state index is 12.8. The van der Waals surface area contributed by atoms with Gasteiger partial charge in [0, 0.05) is 13.5 Å². The molecule has 1 aromatic rings. The van der Waals surface area contributed by atoms with Crippen molar-refractivity contribution in [2.24, 2.45) is 5.92 Å². The fraction of sp³-hybridized carbons (Fsp3) is 0.526. The Kier molecular flexibility index (Phi) is 6.56. The molecule has 1 aliphatic heterocycles. The van der Waals surface area contributed by atoms with Gasteiger partial charge in [0.05, 0.1) is 12.0 Å². The predicted octanol–water partition coefficient (Wildman–Crippen LogP) is 2.36. The molecule has 1 aliphatic rings. The van der Waals surface area contributed by atoms with Crippen LogP contribution < -0.4 is 5.32 Å². The van der Waals surface area contributed by atoms with E-state index < -0.39 is 17.9 Å². The summed E-state index contributed by atoms with van der Waals surface area (Å²) in [6, 6.07) is 8.16. The molecule has 0 saturated carbocycles. The summed E-state index contributed by atoms with van der Waals surface area (Å²) in [6.45, 7) is 1.98. The summed E-state index contributed by atoms with van der Waals surface area (Å²) in [6.07, 6.45) is 2.74. The zero-order valence-electron chi connectivity index (χ0n) is 14.8. The number of unbranched alkanes of at least 4 members (excludes halogenated alkanes) is 1. The van der Waals surface area contributed by atoms with Crippen LogP contribution in [0.3, 0.4) is 0 Å². The summed E-state index contributed by atoms with van der Waals surface area (Å²) in [5.41, 5.74) is 0.888. The van der Waals surface area contributed by atoms with Gasteiger partial charge >= 0.3 is 5.97 Å². The highest BCUT2D eigenvalue weighted by molar-refractivity contribution is 5.88. The predicted molar refractivity (Wildman–Crippen MR) is 93.8 cm³/mol. The highest BCUT2D eigenvalue weighted by atomic mass is 16.4. The lowest BCUT2D eigenvalue weighted by Crippen LogP contribution is -2.50. The van der Waals surface area contributed by atoms with E-state index in [4.69, 9.17) is 0 Å². The first kappa shape index (κ1) is 19.0. The smallest absolute Gasteiger partial charge is 0.326 e. The number of carbonyl (C=O) groups is 3. The van der Waals surface area contributed by atoms with E-state index in [1.54, 1.807) is 11.9 Å². The monoisotopic (exact) mass is 346 g/mol. The van der Waals surface area contributed by atoms with E-state index in [0.717, 1.165) is 18.4 Å². The Bertz CT molecular complexity index is 617. The van der Waals surface area contributed by atoms with E-state index in [1.165, 1.54) is 0 Å². The lowest BCUT2D eigenvalue weighted by atomic mass is 9.83. The van der Waals surface area contributed by atoms with Gasteiger partial charge in [-0.2, -0.15) is 0 Å². The van der Waals surface area contributed by atoms with Crippen LogP contribution in [0, 0.1) is 5.92 Å². The quantitative estimate of drug-likeness (QED) is 0.793. The van der Waals surface area contributed by atoms with Crippen molar-refractivity contribution in [1.29, 1.82) is 0 Å². The van der Waals surface area contributed by atoms with Crippen LogP contribution in [0.1, 0.15) is 50.6 Å². The molecule has 0 bridgehead atoms. The van der Waals surface area contributed by atoms with Crippen molar-refractivity contribution in [2.45, 2.75) is 51.1 Å². The molecule has 6 nitrogen and oxygen atoms in total. The van der Waals surface area contributed by atoms with Crippen LogP contribution in [0.2, 0.25) is 0 Å². The maximum absolute atomic E-state index is 12.8. The van der Waals surface area contributed by atoms with Gasteiger partial charge in [-0.15, -0.1) is 0 Å². The Balaban J connectivity index is 2.20. The minimum absolute atomic E-state index is 0.00123. The van der Waals surface area contributed by atoms with Gasteiger partial charge in [-0.1, -0.05) is 50.1 Å². The largest absolute Gasteiger partial charge is 0.480 e. The van der Waals surface area contributed by atoms with E-state index in [9.17, 15) is 19.5 Å². The van der Waals surface area contributed by atoms with Crippen molar-refractivity contribution in [3.63, 3.8) is 0 Å². The van der Waals surface area contributed by atoms with Crippen molar-refractivity contribution in [2.75, 3.05) is 7.05 Å². The average molecular weight is 346 g/mol. The molecule has 0 spiro atoms. The number of nitrogens with zero attached hydrogens (tertiary/aromatic N) is 1. The zero-order chi connectivity index (χ0) is 18.4. The number of benzene rings is 1. The van der Waals surface area contributed by atoms with Crippen molar-refractivity contribution < 1.29 is 19.5 Å². The Hall–Kier alpha value is -2.37. The molecule has 0 aromatic heterocycles. The minimum atomic E-state index is -1.02. The Labute approximate surface area is 148 Å². The van der Waals surface area contributed by atoms with Crippen LogP contribution in [-0.2, 0) is 14.4 Å². The Morgan fingerprint density at radius 2 is 2.00 bits per heavy atom. The van der Waals surface area contributed by atoms with Gasteiger partial charge in [-0.05, 0) is 18.4 Å². The maximum Gasteiger partial charge on any atom is 0.326 e. The molecule has 3 atom stereocenters. The van der Waals surface area contributed by atoms with Crippen LogP contribution >= 0.6 is 0 Å². The highest BCUT2D eigenvalue weighted by Gasteiger charge is 2.39. The van der Waals surface area contributed by atoms with E-state index in [1.807, 2.05) is 37.3 Å². The van der Waals surface area contributed by atoms with Gasteiger partial charge in [-0.25, -0.2) is 4.79 Å². The third-order valence-electron chi connectivity index (χ3n) is 4.80. The molecule has 2 amide bonds. The van der Waals surface area contributed by atoms with Crippen LogP contribution in [-0.4, -0.2) is 40.9 Å². The van der Waals surface area contributed by atoms with Gasteiger partial charge < -0.3 is 15.3 Å². The third kappa shape index (κ3) is 4.59. The Morgan fingerprint density at radius 3 is 2.60 bits per heavy atom. The number of amides is 2. The van der Waals surface area contributed by atoms with E-state index in [0.29, 0.717) is 19.3 Å². The van der Waals surface area contributed by atoms with Crippen LogP contribution in [0.4, 0.5) is 0 Å². The third-order valence-corrected chi connectivity index (χ3v) is 4.80. The molecule has 1 fully saturated rings. The standard InChI is InChI=1S/C19H26N2O4/c1-3-4-10-15(19(24)25)20-18(23)14-11-12-16(22)21(2)17(14)13-8-6-5-7-9-13/h5-9,14-15,17H,3-4,10-12H2,1-2H3,(H,20,23)(H,24,25). The normalized spacial score (nSPS) is 21.7. The van der Waals surface area contributed by atoms with Crippen molar-refractivity contribution in [3.8, 4) is 0 Å². The molecule has 1 saturated heterocycles. The van der Waals surface area contributed by atoms with Crippen molar-refractivity contribution >= 4 is 17.8 Å². The number of nitrogens with one attached hydrogen (secondary N) is 1. The van der Waals surface area contributed by atoms with E-state index >= 15 is 0 Å². The second-order valence-electron chi connectivity index (χ2n) is 6.55. The number of carboxylic acids is 1. The molecule has 1 aromatic carbocycles. The van der Waals surface area contributed by atoms with Crippen LogP contribution in [0.5, 0.6) is 0 Å². The molecule has 25 heavy (non-hydrogen) atoms. The number of hydrogen-bond acceptors (Lipinski definition) is 3. The van der Waals surface area contributed by atoms with Crippen LogP contribution in [0.15, 0.2) is 30.3 Å². The summed E-state index contributed by atoms with van der Waals surface area (Å²) in [4.78, 5) is 37.9. The summed E-state index contributed by atoms with van der Waals surface area (Å²) >= 11 is 0. The summed E-state index contributed by atoms with van der Waals surface area (Å²) in [7, 11) is 1.70. The number of carboxylic acid groups (broad SMARTS) is 1. The highest BCUT2D eigenvalue weighted by Crippen LogP contribution is 2.35. The Morgan fingerprint density at radius 1 is 1.32 bits per heavy atom. The molecule has 2 rings (SSSR count). The SMILES string of the molecule is CCCCC(NC(=O)C1CCC(=O)N(C)C1c1ccccc1)C(=O)O. The number of hydrogen-bond donors (Lipinski definition) is 2. The summed E-state index contributed by atoms with van der Waals surface area (Å²) < 4.78 is 0. The topological polar surface area (TPSA) is 86.7 Å². The van der Waals surface area contributed by atoms with E-state index in [2.05, 4.69) is 5.32 Å². The molecule has 6 heteroatoms. The van der Waals surface area contributed by atoms with Crippen LogP contribution in [0.25, 0.3) is 0 Å². The first-order chi connectivity index (χ1) is 12.0.